The highest BCUT2D eigenvalue weighted by Gasteiger charge is 2.17. The van der Waals surface area contributed by atoms with E-state index in [9.17, 15) is 14.3 Å². The molecule has 0 bridgehead atoms. The van der Waals surface area contributed by atoms with Gasteiger partial charge >= 0.3 is 0 Å². The van der Waals surface area contributed by atoms with Crippen LogP contribution in [0.4, 0.5) is 4.39 Å². The number of amides is 1. The van der Waals surface area contributed by atoms with Crippen LogP contribution in [0, 0.1) is 5.82 Å². The Bertz CT molecular complexity index is 700. The van der Waals surface area contributed by atoms with Gasteiger partial charge in [-0.25, -0.2) is 4.39 Å². The lowest BCUT2D eigenvalue weighted by Crippen LogP contribution is -2.38. The highest BCUT2D eigenvalue weighted by atomic mass is 19.1. The van der Waals surface area contributed by atoms with Crippen molar-refractivity contribution in [2.75, 3.05) is 6.54 Å². The molecular formula is C20H24FNO3. The zero-order valence-electron chi connectivity index (χ0n) is 14.7. The molecule has 0 fully saturated rings. The van der Waals surface area contributed by atoms with Gasteiger partial charge in [0.2, 0.25) is 0 Å². The van der Waals surface area contributed by atoms with Gasteiger partial charge in [0.25, 0.3) is 5.91 Å². The summed E-state index contributed by atoms with van der Waals surface area (Å²) in [5, 5.41) is 12.7. The highest BCUT2D eigenvalue weighted by Crippen LogP contribution is 2.21. The molecule has 0 saturated heterocycles. The fourth-order valence-corrected chi connectivity index (χ4v) is 2.35. The van der Waals surface area contributed by atoms with Crippen LogP contribution in [-0.2, 0) is 4.79 Å². The minimum absolute atomic E-state index is 0.0319. The summed E-state index contributed by atoms with van der Waals surface area (Å²) in [5.74, 6) is 0.313. The van der Waals surface area contributed by atoms with Crippen molar-refractivity contribution in [1.82, 2.24) is 5.32 Å². The Kier molecular flexibility index (Phi) is 6.53. The van der Waals surface area contributed by atoms with E-state index in [2.05, 4.69) is 19.2 Å². The number of ether oxygens (including phenoxy) is 1. The Morgan fingerprint density at radius 1 is 1.12 bits per heavy atom. The summed E-state index contributed by atoms with van der Waals surface area (Å²) >= 11 is 0. The standard InChI is InChI=1S/C20H24FNO3/c1-13(2)16-5-4-6-18(11-16)25-14(3)20(24)22-12-19(23)15-7-9-17(21)10-8-15/h4-11,13-14,19,23H,12H2,1-3H3,(H,22,24). The monoisotopic (exact) mass is 345 g/mol. The minimum atomic E-state index is -0.902. The SMILES string of the molecule is CC(Oc1cccc(C(C)C)c1)C(=O)NCC(O)c1ccc(F)cc1. The second-order valence-electron chi connectivity index (χ2n) is 6.30. The number of rotatable bonds is 7. The van der Waals surface area contributed by atoms with Crippen molar-refractivity contribution in [2.45, 2.75) is 38.9 Å². The molecule has 2 aromatic carbocycles. The molecule has 2 rings (SSSR count). The van der Waals surface area contributed by atoms with E-state index in [1.54, 1.807) is 6.92 Å². The van der Waals surface area contributed by atoms with Crippen LogP contribution < -0.4 is 10.1 Å². The zero-order chi connectivity index (χ0) is 18.4. The van der Waals surface area contributed by atoms with Crippen LogP contribution in [0.15, 0.2) is 48.5 Å². The van der Waals surface area contributed by atoms with Crippen molar-refractivity contribution in [3.05, 3.63) is 65.5 Å². The van der Waals surface area contributed by atoms with Gasteiger partial charge in [0.05, 0.1) is 6.10 Å². The number of carbonyl (C=O) groups excluding carboxylic acids is 1. The highest BCUT2D eigenvalue weighted by molar-refractivity contribution is 5.80. The summed E-state index contributed by atoms with van der Waals surface area (Å²) < 4.78 is 18.6. The second-order valence-corrected chi connectivity index (χ2v) is 6.30. The van der Waals surface area contributed by atoms with Crippen molar-refractivity contribution in [3.63, 3.8) is 0 Å². The van der Waals surface area contributed by atoms with Crippen LogP contribution in [0.3, 0.4) is 0 Å². The molecular weight excluding hydrogens is 321 g/mol. The number of benzene rings is 2. The molecule has 25 heavy (non-hydrogen) atoms. The van der Waals surface area contributed by atoms with Gasteiger partial charge in [-0.1, -0.05) is 38.1 Å². The summed E-state index contributed by atoms with van der Waals surface area (Å²) in [6.45, 7) is 5.87. The number of hydrogen-bond donors (Lipinski definition) is 2. The van der Waals surface area contributed by atoms with E-state index < -0.39 is 12.2 Å². The maximum atomic E-state index is 12.9. The molecule has 0 radical (unpaired) electrons. The van der Waals surface area contributed by atoms with E-state index in [-0.39, 0.29) is 18.3 Å². The molecule has 0 spiro atoms. The molecule has 2 N–H and O–H groups in total. The average molecular weight is 345 g/mol. The number of carbonyl (C=O) groups is 1. The van der Waals surface area contributed by atoms with Gasteiger partial charge in [-0.2, -0.15) is 0 Å². The zero-order valence-corrected chi connectivity index (χ0v) is 14.7. The third kappa shape index (κ3) is 5.57. The Morgan fingerprint density at radius 3 is 2.44 bits per heavy atom. The van der Waals surface area contributed by atoms with Gasteiger partial charge in [-0.15, -0.1) is 0 Å². The van der Waals surface area contributed by atoms with E-state index >= 15 is 0 Å². The molecule has 0 aliphatic rings. The molecule has 2 unspecified atom stereocenters. The smallest absolute Gasteiger partial charge is 0.260 e. The van der Waals surface area contributed by atoms with Crippen LogP contribution >= 0.6 is 0 Å². The molecule has 1 amide bonds. The largest absolute Gasteiger partial charge is 0.481 e. The van der Waals surface area contributed by atoms with Gasteiger partial charge in [0.1, 0.15) is 11.6 Å². The van der Waals surface area contributed by atoms with Gasteiger partial charge in [0.15, 0.2) is 6.10 Å². The summed E-state index contributed by atoms with van der Waals surface area (Å²) in [6, 6.07) is 13.2. The van der Waals surface area contributed by atoms with Crippen molar-refractivity contribution in [2.24, 2.45) is 0 Å². The Hall–Kier alpha value is -2.40. The summed E-state index contributed by atoms with van der Waals surface area (Å²) in [4.78, 5) is 12.1. The molecule has 0 heterocycles. The number of halogens is 1. The second kappa shape index (κ2) is 8.62. The van der Waals surface area contributed by atoms with Gasteiger partial charge in [-0.3, -0.25) is 4.79 Å². The summed E-state index contributed by atoms with van der Waals surface area (Å²) in [5.41, 5.74) is 1.68. The van der Waals surface area contributed by atoms with E-state index in [1.165, 1.54) is 24.3 Å². The molecule has 0 saturated carbocycles. The first-order valence-electron chi connectivity index (χ1n) is 8.34. The molecule has 0 aliphatic heterocycles. The molecule has 2 atom stereocenters. The first-order valence-corrected chi connectivity index (χ1v) is 8.34. The first-order chi connectivity index (χ1) is 11.9. The number of aliphatic hydroxyl groups is 1. The molecule has 4 nitrogen and oxygen atoms in total. The number of aliphatic hydroxyl groups excluding tert-OH is 1. The van der Waals surface area contributed by atoms with Crippen LogP contribution in [0.25, 0.3) is 0 Å². The fraction of sp³-hybridized carbons (Fsp3) is 0.350. The van der Waals surface area contributed by atoms with Gasteiger partial charge < -0.3 is 15.2 Å². The van der Waals surface area contributed by atoms with Crippen LogP contribution in [0.5, 0.6) is 5.75 Å². The lowest BCUT2D eigenvalue weighted by Gasteiger charge is -2.17. The summed E-state index contributed by atoms with van der Waals surface area (Å²) in [6.07, 6.45) is -1.59. The van der Waals surface area contributed by atoms with E-state index in [0.29, 0.717) is 17.2 Å². The number of hydrogen-bond acceptors (Lipinski definition) is 3. The van der Waals surface area contributed by atoms with Crippen molar-refractivity contribution in [1.29, 1.82) is 0 Å². The van der Waals surface area contributed by atoms with Crippen LogP contribution in [0.1, 0.15) is 43.9 Å². The third-order valence-electron chi connectivity index (χ3n) is 3.93. The van der Waals surface area contributed by atoms with E-state index in [0.717, 1.165) is 5.56 Å². The maximum absolute atomic E-state index is 12.9. The molecule has 5 heteroatoms. The molecule has 0 aliphatic carbocycles. The molecule has 0 aromatic heterocycles. The van der Waals surface area contributed by atoms with E-state index in [1.807, 2.05) is 24.3 Å². The van der Waals surface area contributed by atoms with Crippen LogP contribution in [0.2, 0.25) is 0 Å². The lowest BCUT2D eigenvalue weighted by atomic mass is 10.0. The predicted octanol–water partition coefficient (Wildman–Crippen LogP) is 3.57. The normalized spacial score (nSPS) is 13.4. The number of nitrogens with one attached hydrogen (secondary N) is 1. The van der Waals surface area contributed by atoms with Crippen molar-refractivity contribution < 1.29 is 19.0 Å². The third-order valence-corrected chi connectivity index (χ3v) is 3.93. The lowest BCUT2D eigenvalue weighted by molar-refractivity contribution is -0.127. The average Bonchev–Trinajstić information content (AvgIpc) is 2.60. The van der Waals surface area contributed by atoms with Gasteiger partial charge in [-0.05, 0) is 48.2 Å². The summed E-state index contributed by atoms with van der Waals surface area (Å²) in [7, 11) is 0. The molecule has 2 aromatic rings. The van der Waals surface area contributed by atoms with Crippen molar-refractivity contribution >= 4 is 5.91 Å². The quantitative estimate of drug-likeness (QED) is 0.807. The topological polar surface area (TPSA) is 58.6 Å². The first kappa shape index (κ1) is 18.9. The Morgan fingerprint density at radius 2 is 1.80 bits per heavy atom. The van der Waals surface area contributed by atoms with Gasteiger partial charge in [0, 0.05) is 6.54 Å². The molecule has 134 valence electrons. The maximum Gasteiger partial charge on any atom is 0.260 e. The van der Waals surface area contributed by atoms with E-state index in [4.69, 9.17) is 4.74 Å². The van der Waals surface area contributed by atoms with Crippen molar-refractivity contribution in [3.8, 4) is 5.75 Å². The Labute approximate surface area is 147 Å². The minimum Gasteiger partial charge on any atom is -0.481 e. The Balaban J connectivity index is 1.87. The fourth-order valence-electron chi connectivity index (χ4n) is 2.35. The van der Waals surface area contributed by atoms with Crippen LogP contribution in [-0.4, -0.2) is 23.7 Å². The predicted molar refractivity (Wildman–Crippen MR) is 95.0 cm³/mol.